The topological polar surface area (TPSA) is 29.4 Å². The summed E-state index contributed by atoms with van der Waals surface area (Å²) >= 11 is 0. The third-order valence-electron chi connectivity index (χ3n) is 0.567. The minimum absolute atomic E-state index is 0.558. The van der Waals surface area contributed by atoms with Gasteiger partial charge in [-0.15, -0.1) is 5.73 Å². The summed E-state index contributed by atoms with van der Waals surface area (Å²) in [5.41, 5.74) is 3.27. The van der Waals surface area contributed by atoms with Gasteiger partial charge in [0.05, 0.1) is 5.70 Å². The van der Waals surface area contributed by atoms with Crippen molar-refractivity contribution in [2.24, 2.45) is 4.99 Å². The van der Waals surface area contributed by atoms with Gasteiger partial charge in [0.25, 0.3) is 0 Å². The Morgan fingerprint density at radius 1 is 1.75 bits per heavy atom. The van der Waals surface area contributed by atoms with Gasteiger partial charge in [-0.05, 0) is 19.9 Å². The average molecular weight is 109 g/mol. The Morgan fingerprint density at radius 3 is 2.75 bits per heavy atom. The van der Waals surface area contributed by atoms with Crippen molar-refractivity contribution in [1.82, 2.24) is 0 Å². The van der Waals surface area contributed by atoms with E-state index in [2.05, 4.69) is 10.7 Å². The molecule has 0 heterocycles. The summed E-state index contributed by atoms with van der Waals surface area (Å²) in [6.07, 6.45) is 3.10. The monoisotopic (exact) mass is 109 g/mol. The van der Waals surface area contributed by atoms with Crippen LogP contribution in [0.15, 0.2) is 22.5 Å². The molecule has 0 unspecified atom stereocenters. The van der Waals surface area contributed by atoms with Crippen molar-refractivity contribution in [2.45, 2.75) is 13.8 Å². The van der Waals surface area contributed by atoms with Crippen molar-refractivity contribution in [3.63, 3.8) is 0 Å². The first-order valence-corrected chi connectivity index (χ1v) is 2.27. The van der Waals surface area contributed by atoms with Crippen LogP contribution in [0.5, 0.6) is 0 Å². The number of nitrogens with zero attached hydrogens (tertiary/aromatic N) is 1. The number of carbonyl (C=O) groups excluding carboxylic acids is 1. The highest BCUT2D eigenvalue weighted by molar-refractivity contribution is 5.36. The van der Waals surface area contributed by atoms with Crippen LogP contribution in [-0.2, 0) is 4.79 Å². The molecular weight excluding hydrogens is 102 g/mol. The molecule has 0 bridgehead atoms. The van der Waals surface area contributed by atoms with Gasteiger partial charge in [0, 0.05) is 0 Å². The molecule has 0 fully saturated rings. The lowest BCUT2D eigenvalue weighted by molar-refractivity contribution is 0.564. The average Bonchev–Trinajstić information content (AvgIpc) is 1.68. The maximum atomic E-state index is 9.52. The van der Waals surface area contributed by atoms with Crippen LogP contribution in [0, 0.1) is 0 Å². The van der Waals surface area contributed by atoms with E-state index in [1.54, 1.807) is 13.0 Å². The van der Waals surface area contributed by atoms with Crippen LogP contribution >= 0.6 is 0 Å². The van der Waals surface area contributed by atoms with E-state index in [-0.39, 0.29) is 0 Å². The molecule has 42 valence electrons. The molecule has 8 heavy (non-hydrogen) atoms. The van der Waals surface area contributed by atoms with E-state index in [1.165, 1.54) is 6.08 Å². The summed E-state index contributed by atoms with van der Waals surface area (Å²) in [5.74, 6) is 0. The molecule has 0 rings (SSSR count). The number of isocyanates is 1. The van der Waals surface area contributed by atoms with Crippen LogP contribution in [0.2, 0.25) is 0 Å². The maximum Gasteiger partial charge on any atom is 0.240 e. The lowest BCUT2D eigenvalue weighted by Gasteiger charge is -1.72. The predicted octanol–water partition coefficient (Wildman–Crippen LogP) is 1.40. The van der Waals surface area contributed by atoms with E-state index in [0.717, 1.165) is 0 Å². The number of aliphatic imine (C=N–C) groups is 1. The Bertz CT molecular complexity index is 169. The van der Waals surface area contributed by atoms with Crippen molar-refractivity contribution < 1.29 is 4.79 Å². The molecule has 0 aliphatic heterocycles. The Hall–Kier alpha value is -1.10. The molecule has 0 radical (unpaired) electrons. The van der Waals surface area contributed by atoms with Crippen molar-refractivity contribution in [2.75, 3.05) is 0 Å². The molecule has 0 aliphatic carbocycles. The van der Waals surface area contributed by atoms with E-state index >= 15 is 0 Å². The first-order valence-electron chi connectivity index (χ1n) is 2.27. The number of rotatable bonds is 1. The zero-order chi connectivity index (χ0) is 6.41. The van der Waals surface area contributed by atoms with Gasteiger partial charge in [0.1, 0.15) is 0 Å². The van der Waals surface area contributed by atoms with Gasteiger partial charge in [0.15, 0.2) is 0 Å². The highest BCUT2D eigenvalue weighted by Crippen LogP contribution is 1.86. The molecule has 0 aromatic rings. The Labute approximate surface area is 48.2 Å². The van der Waals surface area contributed by atoms with Gasteiger partial charge in [-0.1, -0.05) is 0 Å². The lowest BCUT2D eigenvalue weighted by Crippen LogP contribution is -1.59. The molecule has 0 aromatic carbocycles. The van der Waals surface area contributed by atoms with Crippen molar-refractivity contribution in [3.05, 3.63) is 17.5 Å². The van der Waals surface area contributed by atoms with Crippen molar-refractivity contribution in [1.29, 1.82) is 0 Å². The fourth-order valence-corrected chi connectivity index (χ4v) is 0.310. The lowest BCUT2D eigenvalue weighted by atomic mass is 10.5. The first-order chi connectivity index (χ1) is 3.81. The summed E-state index contributed by atoms with van der Waals surface area (Å²) in [5, 5.41) is 0. The van der Waals surface area contributed by atoms with E-state index < -0.39 is 0 Å². The van der Waals surface area contributed by atoms with E-state index in [4.69, 9.17) is 0 Å². The molecule has 0 aromatic heterocycles. The molecule has 0 saturated heterocycles. The summed E-state index contributed by atoms with van der Waals surface area (Å²) in [7, 11) is 0. The predicted molar refractivity (Wildman–Crippen MR) is 31.1 cm³/mol. The van der Waals surface area contributed by atoms with Gasteiger partial charge in [-0.3, -0.25) is 0 Å². The second-order valence-corrected chi connectivity index (χ2v) is 1.22. The second kappa shape index (κ2) is 4.07. The highest BCUT2D eigenvalue weighted by atomic mass is 16.1. The second-order valence-electron chi connectivity index (χ2n) is 1.22. The Kier molecular flexibility index (Phi) is 3.51. The molecule has 2 nitrogen and oxygen atoms in total. The van der Waals surface area contributed by atoms with Gasteiger partial charge >= 0.3 is 0 Å². The fourth-order valence-electron chi connectivity index (χ4n) is 0.310. The van der Waals surface area contributed by atoms with E-state index in [1.807, 2.05) is 6.92 Å². The maximum absolute atomic E-state index is 9.52. The summed E-state index contributed by atoms with van der Waals surface area (Å²) in [6.45, 7) is 3.49. The summed E-state index contributed by atoms with van der Waals surface area (Å²) in [4.78, 5) is 12.8. The van der Waals surface area contributed by atoms with Crippen molar-refractivity contribution in [3.8, 4) is 0 Å². The van der Waals surface area contributed by atoms with Gasteiger partial charge in [-0.25, -0.2) is 4.79 Å². The van der Waals surface area contributed by atoms with Crippen LogP contribution in [-0.4, -0.2) is 6.08 Å². The van der Waals surface area contributed by atoms with E-state index in [0.29, 0.717) is 5.70 Å². The minimum atomic E-state index is 0.558. The molecule has 0 atom stereocenters. The smallest absolute Gasteiger partial charge is 0.211 e. The summed E-state index contributed by atoms with van der Waals surface area (Å²) < 4.78 is 0. The van der Waals surface area contributed by atoms with Crippen LogP contribution in [0.4, 0.5) is 0 Å². The van der Waals surface area contributed by atoms with Gasteiger partial charge in [-0.2, -0.15) is 4.99 Å². The SMILES string of the molecule is CC=C=C(C)N=C=O. The first kappa shape index (κ1) is 6.90. The van der Waals surface area contributed by atoms with Crippen LogP contribution in [0.1, 0.15) is 13.8 Å². The number of allylic oxidation sites excluding steroid dienone is 1. The van der Waals surface area contributed by atoms with Crippen LogP contribution in [0.3, 0.4) is 0 Å². The molecule has 0 aliphatic rings. The zero-order valence-corrected chi connectivity index (χ0v) is 4.93. The largest absolute Gasteiger partial charge is 0.240 e. The highest BCUT2D eigenvalue weighted by Gasteiger charge is 1.72. The van der Waals surface area contributed by atoms with E-state index in [9.17, 15) is 4.79 Å². The third kappa shape index (κ3) is 3.10. The Morgan fingerprint density at radius 2 is 2.38 bits per heavy atom. The van der Waals surface area contributed by atoms with Crippen molar-refractivity contribution >= 4 is 6.08 Å². The van der Waals surface area contributed by atoms with Gasteiger partial charge < -0.3 is 0 Å². The normalized spacial score (nSPS) is 6.25. The molecular formula is C6H7NO. The third-order valence-corrected chi connectivity index (χ3v) is 0.567. The molecule has 0 spiro atoms. The zero-order valence-electron chi connectivity index (χ0n) is 4.93. The Balaban J connectivity index is 4.23. The van der Waals surface area contributed by atoms with Crippen LogP contribution in [0.25, 0.3) is 0 Å². The summed E-state index contributed by atoms with van der Waals surface area (Å²) in [6, 6.07) is 0. The molecule has 0 saturated carbocycles. The number of hydrogen-bond donors (Lipinski definition) is 0. The van der Waals surface area contributed by atoms with Crippen LogP contribution < -0.4 is 0 Å². The number of hydrogen-bond acceptors (Lipinski definition) is 2. The van der Waals surface area contributed by atoms with Gasteiger partial charge in [0.2, 0.25) is 6.08 Å². The molecule has 0 N–H and O–H groups in total. The fraction of sp³-hybridized carbons (Fsp3) is 0.333. The molecule has 2 heteroatoms. The standard InChI is InChI=1S/C6H7NO/c1-3-4-6(2)7-5-8/h3H,1-2H3. The quantitative estimate of drug-likeness (QED) is 0.284. The minimum Gasteiger partial charge on any atom is -0.211 e. The molecule has 0 amide bonds.